The maximum Gasteiger partial charge on any atom is 0.317 e. The highest BCUT2D eigenvalue weighted by Gasteiger charge is 2.27. The summed E-state index contributed by atoms with van der Waals surface area (Å²) in [5, 5.41) is 20.5. The Kier molecular flexibility index (Phi) is 7.54. The third kappa shape index (κ3) is 6.00. The summed E-state index contributed by atoms with van der Waals surface area (Å²) in [6, 6.07) is 1.83. The summed E-state index contributed by atoms with van der Waals surface area (Å²) < 4.78 is 4.96. The minimum atomic E-state index is -0.754. The number of nitrogens with one attached hydrogen (secondary N) is 1. The van der Waals surface area contributed by atoms with Gasteiger partial charge in [-0.1, -0.05) is 0 Å². The molecule has 0 bridgehead atoms. The van der Waals surface area contributed by atoms with E-state index in [4.69, 9.17) is 15.1 Å². The Morgan fingerprint density at radius 2 is 2.00 bits per heavy atom. The molecule has 0 aromatic rings. The van der Waals surface area contributed by atoms with E-state index in [-0.39, 0.29) is 24.4 Å². The zero-order valence-corrected chi connectivity index (χ0v) is 12.4. The van der Waals surface area contributed by atoms with Gasteiger partial charge in [0.15, 0.2) is 0 Å². The number of carboxylic acid groups (broad SMARTS) is 1. The lowest BCUT2D eigenvalue weighted by atomic mass is 9.86. The Morgan fingerprint density at radius 3 is 2.52 bits per heavy atom. The van der Waals surface area contributed by atoms with E-state index in [1.54, 1.807) is 12.0 Å². The Hall–Kier alpha value is -1.81. The largest absolute Gasteiger partial charge is 0.481 e. The van der Waals surface area contributed by atoms with Crippen LogP contribution in [0.3, 0.4) is 0 Å². The molecule has 21 heavy (non-hydrogen) atoms. The van der Waals surface area contributed by atoms with Gasteiger partial charge in [-0.05, 0) is 25.7 Å². The van der Waals surface area contributed by atoms with Crippen LogP contribution in [0.1, 0.15) is 32.1 Å². The number of carbonyl (C=O) groups is 2. The Labute approximate surface area is 124 Å². The molecule has 2 amide bonds. The second kappa shape index (κ2) is 9.19. The van der Waals surface area contributed by atoms with Gasteiger partial charge in [0.1, 0.15) is 0 Å². The van der Waals surface area contributed by atoms with Crippen molar-refractivity contribution in [1.29, 1.82) is 5.26 Å². The molecule has 0 saturated heterocycles. The van der Waals surface area contributed by atoms with Gasteiger partial charge in [0.2, 0.25) is 0 Å². The van der Waals surface area contributed by atoms with E-state index in [1.807, 2.05) is 6.07 Å². The van der Waals surface area contributed by atoms with Crippen molar-refractivity contribution in [2.75, 3.05) is 26.8 Å². The summed E-state index contributed by atoms with van der Waals surface area (Å²) in [7, 11) is 1.56. The topological polar surface area (TPSA) is 103 Å². The summed E-state index contributed by atoms with van der Waals surface area (Å²) in [4.78, 5) is 24.6. The number of methoxy groups -OCH3 is 1. The van der Waals surface area contributed by atoms with E-state index in [9.17, 15) is 9.59 Å². The zero-order chi connectivity index (χ0) is 15.7. The number of aliphatic carboxylic acids is 1. The highest BCUT2D eigenvalue weighted by atomic mass is 16.5. The lowest BCUT2D eigenvalue weighted by molar-refractivity contribution is -0.142. The van der Waals surface area contributed by atoms with Gasteiger partial charge in [0.25, 0.3) is 0 Å². The maximum absolute atomic E-state index is 12.2. The van der Waals surface area contributed by atoms with E-state index in [1.165, 1.54) is 0 Å². The molecule has 0 heterocycles. The molecule has 118 valence electrons. The number of urea groups is 1. The summed E-state index contributed by atoms with van der Waals surface area (Å²) in [5.74, 6) is -1.04. The molecule has 0 unspecified atom stereocenters. The Balaban J connectivity index is 2.42. The van der Waals surface area contributed by atoms with Crippen LogP contribution in [0.4, 0.5) is 4.79 Å². The molecule has 1 aliphatic rings. The fraction of sp³-hybridized carbons (Fsp3) is 0.786. The van der Waals surface area contributed by atoms with E-state index in [2.05, 4.69) is 5.32 Å². The summed E-state index contributed by atoms with van der Waals surface area (Å²) >= 11 is 0. The van der Waals surface area contributed by atoms with Crippen molar-refractivity contribution in [2.45, 2.75) is 38.1 Å². The molecule has 0 radical (unpaired) electrons. The van der Waals surface area contributed by atoms with E-state index < -0.39 is 5.97 Å². The predicted molar refractivity (Wildman–Crippen MR) is 75.6 cm³/mol. The van der Waals surface area contributed by atoms with Crippen LogP contribution in [0.15, 0.2) is 0 Å². The fourth-order valence-corrected chi connectivity index (χ4v) is 2.45. The molecule has 0 spiro atoms. The molecule has 7 heteroatoms. The number of ether oxygens (including phenoxy) is 1. The second-order valence-electron chi connectivity index (χ2n) is 5.22. The summed E-state index contributed by atoms with van der Waals surface area (Å²) in [5.41, 5.74) is 0. The standard InChI is InChI=1S/C14H23N3O4/c1-21-10-9-17(8-2-7-15)14(20)16-12-5-3-11(4-6-12)13(18)19/h11-12H,2-6,8-10H2,1H3,(H,16,20)(H,18,19). The second-order valence-corrected chi connectivity index (χ2v) is 5.22. The van der Waals surface area contributed by atoms with Crippen LogP contribution in [0.5, 0.6) is 0 Å². The van der Waals surface area contributed by atoms with Gasteiger partial charge in [-0.3, -0.25) is 4.79 Å². The van der Waals surface area contributed by atoms with Gasteiger partial charge in [0.05, 0.1) is 25.0 Å². The van der Waals surface area contributed by atoms with Crippen molar-refractivity contribution in [3.63, 3.8) is 0 Å². The zero-order valence-electron chi connectivity index (χ0n) is 12.4. The highest BCUT2D eigenvalue weighted by Crippen LogP contribution is 2.24. The normalized spacial score (nSPS) is 21.3. The monoisotopic (exact) mass is 297 g/mol. The number of carboxylic acids is 1. The maximum atomic E-state index is 12.2. The van der Waals surface area contributed by atoms with Crippen LogP contribution in [-0.4, -0.2) is 54.9 Å². The Bertz CT molecular complexity index is 386. The molecular weight excluding hydrogens is 274 g/mol. The van der Waals surface area contributed by atoms with Crippen molar-refractivity contribution < 1.29 is 19.4 Å². The number of amides is 2. The average Bonchev–Trinajstić information content (AvgIpc) is 2.47. The molecule has 0 aliphatic heterocycles. The molecule has 1 fully saturated rings. The molecule has 1 aliphatic carbocycles. The predicted octanol–water partition coefficient (Wildman–Crippen LogP) is 1.20. The molecule has 0 aromatic carbocycles. The Morgan fingerprint density at radius 1 is 1.33 bits per heavy atom. The first-order valence-electron chi connectivity index (χ1n) is 7.22. The lowest BCUT2D eigenvalue weighted by Gasteiger charge is -2.30. The molecule has 1 saturated carbocycles. The van der Waals surface area contributed by atoms with E-state index >= 15 is 0 Å². The van der Waals surface area contributed by atoms with Crippen molar-refractivity contribution in [2.24, 2.45) is 5.92 Å². The van der Waals surface area contributed by atoms with Crippen molar-refractivity contribution >= 4 is 12.0 Å². The van der Waals surface area contributed by atoms with Gasteiger partial charge in [-0.2, -0.15) is 5.26 Å². The molecule has 7 nitrogen and oxygen atoms in total. The van der Waals surface area contributed by atoms with Crippen molar-refractivity contribution in [3.8, 4) is 6.07 Å². The minimum absolute atomic E-state index is 0.0141. The van der Waals surface area contributed by atoms with E-state index in [0.717, 1.165) is 0 Å². The first kappa shape index (κ1) is 17.2. The van der Waals surface area contributed by atoms with Crippen LogP contribution in [0, 0.1) is 17.2 Å². The van der Waals surface area contributed by atoms with Gasteiger partial charge >= 0.3 is 12.0 Å². The summed E-state index contributed by atoms with van der Waals surface area (Å²) in [6.07, 6.45) is 2.83. The fourth-order valence-electron chi connectivity index (χ4n) is 2.45. The molecule has 1 rings (SSSR count). The number of nitrogens with zero attached hydrogens (tertiary/aromatic N) is 2. The average molecular weight is 297 g/mol. The molecular formula is C14H23N3O4. The van der Waals surface area contributed by atoms with Crippen LogP contribution in [0.2, 0.25) is 0 Å². The third-order valence-electron chi connectivity index (χ3n) is 3.75. The summed E-state index contributed by atoms with van der Waals surface area (Å²) in [6.45, 7) is 1.23. The minimum Gasteiger partial charge on any atom is -0.481 e. The van der Waals surface area contributed by atoms with E-state index in [0.29, 0.717) is 45.4 Å². The van der Waals surface area contributed by atoms with Crippen LogP contribution in [0.25, 0.3) is 0 Å². The first-order chi connectivity index (χ1) is 10.1. The van der Waals surface area contributed by atoms with Crippen molar-refractivity contribution in [1.82, 2.24) is 10.2 Å². The van der Waals surface area contributed by atoms with Gasteiger partial charge < -0.3 is 20.1 Å². The smallest absolute Gasteiger partial charge is 0.317 e. The molecule has 0 aromatic heterocycles. The van der Waals surface area contributed by atoms with Gasteiger partial charge in [-0.15, -0.1) is 0 Å². The quantitative estimate of drug-likeness (QED) is 0.735. The number of nitriles is 1. The highest BCUT2D eigenvalue weighted by molar-refractivity contribution is 5.74. The number of carbonyl (C=O) groups excluding carboxylic acids is 1. The SMILES string of the molecule is COCCN(CCC#N)C(=O)NC1CCC(C(=O)O)CC1. The number of hydrogen-bond donors (Lipinski definition) is 2. The van der Waals surface area contributed by atoms with Crippen LogP contribution >= 0.6 is 0 Å². The third-order valence-corrected chi connectivity index (χ3v) is 3.75. The van der Waals surface area contributed by atoms with Gasteiger partial charge in [-0.25, -0.2) is 4.79 Å². The molecule has 0 atom stereocenters. The lowest BCUT2D eigenvalue weighted by Crippen LogP contribution is -2.47. The van der Waals surface area contributed by atoms with Gasteiger partial charge in [0, 0.05) is 26.2 Å². The number of hydrogen-bond acceptors (Lipinski definition) is 4. The van der Waals surface area contributed by atoms with Crippen molar-refractivity contribution in [3.05, 3.63) is 0 Å². The molecule has 2 N–H and O–H groups in total. The first-order valence-corrected chi connectivity index (χ1v) is 7.22. The number of rotatable bonds is 7. The van der Waals surface area contributed by atoms with Crippen LogP contribution < -0.4 is 5.32 Å². The van der Waals surface area contributed by atoms with Crippen LogP contribution in [-0.2, 0) is 9.53 Å².